The molecule has 0 N–H and O–H groups in total. The Labute approximate surface area is 142 Å². The Morgan fingerprint density at radius 3 is 2.54 bits per heavy atom. The van der Waals surface area contributed by atoms with Crippen molar-refractivity contribution in [1.29, 1.82) is 0 Å². The number of nitrogens with zero attached hydrogens (tertiary/aromatic N) is 5. The minimum absolute atomic E-state index is 0.328. The number of carbonyl (C=O) groups excluding carboxylic acids is 1. The maximum atomic E-state index is 12.2. The van der Waals surface area contributed by atoms with Crippen LogP contribution >= 0.6 is 0 Å². The fraction of sp³-hybridized carbons (Fsp3) is 0.706. The fourth-order valence-corrected chi connectivity index (χ4v) is 3.31. The Morgan fingerprint density at radius 1 is 1.08 bits per heavy atom. The number of ether oxygens (including phenoxy) is 1. The van der Waals surface area contributed by atoms with E-state index in [0.717, 1.165) is 70.7 Å². The van der Waals surface area contributed by atoms with Crippen molar-refractivity contribution in [2.24, 2.45) is 5.92 Å². The molecule has 0 bridgehead atoms. The Balaban J connectivity index is 1.35. The zero-order chi connectivity index (χ0) is 16.4. The van der Waals surface area contributed by atoms with Gasteiger partial charge in [0.1, 0.15) is 5.82 Å². The molecule has 2 saturated heterocycles. The second kappa shape index (κ2) is 6.93. The lowest BCUT2D eigenvalue weighted by molar-refractivity contribution is -0.131. The van der Waals surface area contributed by atoms with E-state index in [1.54, 1.807) is 0 Å². The summed E-state index contributed by atoms with van der Waals surface area (Å²) in [6.45, 7) is 6.42. The lowest BCUT2D eigenvalue weighted by Crippen LogP contribution is -2.49. The molecule has 7 nitrogen and oxygen atoms in total. The van der Waals surface area contributed by atoms with Gasteiger partial charge in [-0.15, -0.1) is 0 Å². The minimum Gasteiger partial charge on any atom is -0.378 e. The van der Waals surface area contributed by atoms with Crippen LogP contribution in [-0.2, 0) is 9.53 Å². The van der Waals surface area contributed by atoms with E-state index in [4.69, 9.17) is 9.72 Å². The summed E-state index contributed by atoms with van der Waals surface area (Å²) in [5, 5.41) is 0. The van der Waals surface area contributed by atoms with Crippen LogP contribution in [0.1, 0.15) is 19.3 Å². The number of piperazine rings is 1. The normalized spacial score (nSPS) is 21.9. The molecular formula is C17H25N5O2. The molecule has 3 aliphatic rings. The quantitative estimate of drug-likeness (QED) is 0.812. The summed E-state index contributed by atoms with van der Waals surface area (Å²) >= 11 is 0. The highest BCUT2D eigenvalue weighted by Gasteiger charge is 2.29. The molecule has 0 radical (unpaired) electrons. The third kappa shape index (κ3) is 3.61. The molecule has 1 amide bonds. The molecule has 1 aromatic rings. The van der Waals surface area contributed by atoms with Crippen LogP contribution in [-0.4, -0.2) is 73.3 Å². The predicted octanol–water partition coefficient (Wildman–Crippen LogP) is 0.762. The van der Waals surface area contributed by atoms with E-state index in [9.17, 15) is 4.79 Å². The monoisotopic (exact) mass is 331 g/mol. The Hall–Kier alpha value is -1.89. The summed E-state index contributed by atoms with van der Waals surface area (Å²) in [6.07, 6.45) is 5.04. The van der Waals surface area contributed by atoms with Gasteiger partial charge in [-0.25, -0.2) is 4.98 Å². The number of morpholine rings is 1. The van der Waals surface area contributed by atoms with Gasteiger partial charge in [-0.2, -0.15) is 4.98 Å². The van der Waals surface area contributed by atoms with Gasteiger partial charge in [-0.3, -0.25) is 4.79 Å². The molecule has 3 heterocycles. The van der Waals surface area contributed by atoms with Gasteiger partial charge in [-0.05, 0) is 24.8 Å². The van der Waals surface area contributed by atoms with Gasteiger partial charge in [-0.1, -0.05) is 0 Å². The molecule has 130 valence electrons. The molecule has 1 saturated carbocycles. The zero-order valence-electron chi connectivity index (χ0n) is 14.1. The minimum atomic E-state index is 0.328. The number of carbonyl (C=O) groups is 1. The lowest BCUT2D eigenvalue weighted by atomic mass is 10.2. The van der Waals surface area contributed by atoms with Crippen LogP contribution in [0.15, 0.2) is 12.3 Å². The standard InChI is InChI=1S/C17H25N5O2/c23-16(13-14-1-2-14)21-7-5-20(6-8-21)15-3-4-18-17(19-15)22-9-11-24-12-10-22/h3-4,14H,1-2,5-13H2. The molecule has 0 aromatic carbocycles. The Kier molecular flexibility index (Phi) is 4.51. The number of anilines is 2. The third-order valence-electron chi connectivity index (χ3n) is 5.04. The van der Waals surface area contributed by atoms with Crippen molar-refractivity contribution in [3.05, 3.63) is 12.3 Å². The first-order valence-corrected chi connectivity index (χ1v) is 8.98. The SMILES string of the molecule is O=C(CC1CC1)N1CCN(c2ccnc(N3CCOCC3)n2)CC1. The summed E-state index contributed by atoms with van der Waals surface area (Å²) < 4.78 is 5.39. The van der Waals surface area contributed by atoms with Crippen molar-refractivity contribution in [2.45, 2.75) is 19.3 Å². The molecule has 7 heteroatoms. The topological polar surface area (TPSA) is 61.8 Å². The van der Waals surface area contributed by atoms with Crippen molar-refractivity contribution in [3.8, 4) is 0 Å². The van der Waals surface area contributed by atoms with E-state index in [-0.39, 0.29) is 0 Å². The molecule has 3 fully saturated rings. The molecule has 24 heavy (non-hydrogen) atoms. The summed E-state index contributed by atoms with van der Waals surface area (Å²) in [5.74, 6) is 2.73. The number of amides is 1. The first-order valence-electron chi connectivity index (χ1n) is 8.98. The summed E-state index contributed by atoms with van der Waals surface area (Å²) in [5.41, 5.74) is 0. The van der Waals surface area contributed by atoms with E-state index < -0.39 is 0 Å². The largest absolute Gasteiger partial charge is 0.378 e. The van der Waals surface area contributed by atoms with Crippen molar-refractivity contribution in [1.82, 2.24) is 14.9 Å². The smallest absolute Gasteiger partial charge is 0.227 e. The highest BCUT2D eigenvalue weighted by molar-refractivity contribution is 5.77. The van der Waals surface area contributed by atoms with E-state index in [1.807, 2.05) is 17.2 Å². The van der Waals surface area contributed by atoms with Gasteiger partial charge >= 0.3 is 0 Å². The summed E-state index contributed by atoms with van der Waals surface area (Å²) in [7, 11) is 0. The van der Waals surface area contributed by atoms with Crippen molar-refractivity contribution >= 4 is 17.7 Å². The average molecular weight is 331 g/mol. The molecule has 4 rings (SSSR count). The van der Waals surface area contributed by atoms with E-state index in [0.29, 0.717) is 11.8 Å². The fourth-order valence-electron chi connectivity index (χ4n) is 3.31. The highest BCUT2D eigenvalue weighted by Crippen LogP contribution is 2.33. The molecule has 1 aliphatic carbocycles. The Morgan fingerprint density at radius 2 is 1.83 bits per heavy atom. The third-order valence-corrected chi connectivity index (χ3v) is 5.04. The number of aromatic nitrogens is 2. The lowest BCUT2D eigenvalue weighted by Gasteiger charge is -2.36. The van der Waals surface area contributed by atoms with Crippen LogP contribution in [0.4, 0.5) is 11.8 Å². The van der Waals surface area contributed by atoms with Crippen LogP contribution in [0.2, 0.25) is 0 Å². The van der Waals surface area contributed by atoms with Crippen LogP contribution in [0.3, 0.4) is 0 Å². The summed E-state index contributed by atoms with van der Waals surface area (Å²) in [4.78, 5) is 27.8. The molecular weight excluding hydrogens is 306 g/mol. The molecule has 0 unspecified atom stereocenters. The first-order chi connectivity index (χ1) is 11.8. The van der Waals surface area contributed by atoms with Gasteiger partial charge in [0.25, 0.3) is 0 Å². The van der Waals surface area contributed by atoms with Crippen LogP contribution in [0.25, 0.3) is 0 Å². The van der Waals surface area contributed by atoms with E-state index in [2.05, 4.69) is 14.8 Å². The Bertz CT molecular complexity index is 578. The highest BCUT2D eigenvalue weighted by atomic mass is 16.5. The van der Waals surface area contributed by atoms with E-state index >= 15 is 0 Å². The van der Waals surface area contributed by atoms with Gasteiger partial charge in [0, 0.05) is 51.9 Å². The maximum Gasteiger partial charge on any atom is 0.227 e. The van der Waals surface area contributed by atoms with Crippen molar-refractivity contribution < 1.29 is 9.53 Å². The zero-order valence-corrected chi connectivity index (χ0v) is 14.1. The number of hydrogen-bond donors (Lipinski definition) is 0. The second-order valence-corrected chi connectivity index (χ2v) is 6.83. The molecule has 0 spiro atoms. The van der Waals surface area contributed by atoms with Crippen molar-refractivity contribution in [2.75, 3.05) is 62.3 Å². The molecule has 0 atom stereocenters. The van der Waals surface area contributed by atoms with Crippen LogP contribution in [0.5, 0.6) is 0 Å². The average Bonchev–Trinajstić information content (AvgIpc) is 3.47. The maximum absolute atomic E-state index is 12.2. The van der Waals surface area contributed by atoms with Crippen molar-refractivity contribution in [3.63, 3.8) is 0 Å². The number of hydrogen-bond acceptors (Lipinski definition) is 6. The first kappa shape index (κ1) is 15.6. The van der Waals surface area contributed by atoms with E-state index in [1.165, 1.54) is 12.8 Å². The van der Waals surface area contributed by atoms with Crippen LogP contribution in [0, 0.1) is 5.92 Å². The molecule has 1 aromatic heterocycles. The van der Waals surface area contributed by atoms with Crippen LogP contribution < -0.4 is 9.80 Å². The predicted molar refractivity (Wildman–Crippen MR) is 91.2 cm³/mol. The molecule has 2 aliphatic heterocycles. The second-order valence-electron chi connectivity index (χ2n) is 6.83. The number of rotatable bonds is 4. The summed E-state index contributed by atoms with van der Waals surface area (Å²) in [6, 6.07) is 1.96. The van der Waals surface area contributed by atoms with Gasteiger partial charge in [0.05, 0.1) is 13.2 Å². The van der Waals surface area contributed by atoms with Gasteiger partial charge in [0.2, 0.25) is 11.9 Å². The van der Waals surface area contributed by atoms with Gasteiger partial charge < -0.3 is 19.4 Å². The van der Waals surface area contributed by atoms with Gasteiger partial charge in [0.15, 0.2) is 0 Å².